The minimum absolute atomic E-state index is 0.255. The van der Waals surface area contributed by atoms with Crippen molar-refractivity contribution >= 4 is 45.9 Å². The molecule has 3 heterocycles. The summed E-state index contributed by atoms with van der Waals surface area (Å²) in [5.41, 5.74) is 7.88. The van der Waals surface area contributed by atoms with Gasteiger partial charge in [0.25, 0.3) is 5.91 Å². The zero-order chi connectivity index (χ0) is 21.8. The quantitative estimate of drug-likeness (QED) is 0.511. The highest BCUT2D eigenvalue weighted by molar-refractivity contribution is 7.20. The van der Waals surface area contributed by atoms with Gasteiger partial charge in [-0.05, 0) is 54.8 Å². The molecule has 1 aromatic carbocycles. The minimum Gasteiger partial charge on any atom is -0.370 e. The van der Waals surface area contributed by atoms with Crippen molar-refractivity contribution in [1.29, 1.82) is 0 Å². The van der Waals surface area contributed by atoms with E-state index in [1.807, 2.05) is 17.5 Å². The summed E-state index contributed by atoms with van der Waals surface area (Å²) in [6.45, 7) is 4.01. The third-order valence-corrected chi connectivity index (χ3v) is 7.44. The van der Waals surface area contributed by atoms with E-state index in [-0.39, 0.29) is 5.91 Å². The van der Waals surface area contributed by atoms with E-state index >= 15 is 0 Å². The van der Waals surface area contributed by atoms with Gasteiger partial charge >= 0.3 is 0 Å². The van der Waals surface area contributed by atoms with Crippen molar-refractivity contribution < 1.29 is 9.59 Å². The Morgan fingerprint density at radius 2 is 2.16 bits per heavy atom. The van der Waals surface area contributed by atoms with Crippen LogP contribution in [0.2, 0.25) is 0 Å². The molecule has 162 valence electrons. The first-order chi connectivity index (χ1) is 15.0. The zero-order valence-corrected chi connectivity index (χ0v) is 19.1. The number of hydrogen-bond donors (Lipinski definition) is 2. The van der Waals surface area contributed by atoms with Gasteiger partial charge in [0.15, 0.2) is 0 Å². The maximum Gasteiger partial charge on any atom is 0.275 e. The number of hydrogen-bond acceptors (Lipinski definition) is 6. The summed E-state index contributed by atoms with van der Waals surface area (Å²) in [5.74, 6) is -0.109. The molecule has 1 saturated heterocycles. The molecule has 0 spiro atoms. The summed E-state index contributed by atoms with van der Waals surface area (Å²) < 4.78 is 0. The van der Waals surface area contributed by atoms with Crippen molar-refractivity contribution in [3.05, 3.63) is 52.3 Å². The van der Waals surface area contributed by atoms with E-state index < -0.39 is 5.91 Å². The first kappa shape index (κ1) is 21.5. The van der Waals surface area contributed by atoms with Crippen LogP contribution in [0.5, 0.6) is 0 Å². The van der Waals surface area contributed by atoms with Crippen LogP contribution in [-0.4, -0.2) is 29.9 Å². The van der Waals surface area contributed by atoms with Gasteiger partial charge in [-0.25, -0.2) is 4.98 Å². The van der Waals surface area contributed by atoms with Crippen LogP contribution in [0.4, 0.5) is 11.4 Å². The number of carbonyl (C=O) groups excluding carboxylic acids is 2. The van der Waals surface area contributed by atoms with Crippen LogP contribution in [0, 0.1) is 5.92 Å². The number of aromatic nitrogens is 1. The van der Waals surface area contributed by atoms with Crippen LogP contribution in [0.1, 0.15) is 53.5 Å². The second kappa shape index (κ2) is 9.62. The van der Waals surface area contributed by atoms with Gasteiger partial charge < -0.3 is 16.0 Å². The topological polar surface area (TPSA) is 88.3 Å². The monoisotopic (exact) mass is 454 g/mol. The molecule has 2 amide bonds. The van der Waals surface area contributed by atoms with Crippen molar-refractivity contribution in [2.45, 2.75) is 32.6 Å². The van der Waals surface area contributed by atoms with Crippen molar-refractivity contribution in [2.24, 2.45) is 11.7 Å². The van der Waals surface area contributed by atoms with E-state index in [4.69, 9.17) is 5.73 Å². The number of primary amides is 1. The van der Waals surface area contributed by atoms with Crippen LogP contribution >= 0.6 is 22.7 Å². The van der Waals surface area contributed by atoms with Crippen molar-refractivity contribution in [1.82, 2.24) is 4.98 Å². The predicted molar refractivity (Wildman–Crippen MR) is 128 cm³/mol. The minimum atomic E-state index is -0.471. The van der Waals surface area contributed by atoms with Crippen molar-refractivity contribution in [3.8, 4) is 9.88 Å². The number of thiophene rings is 1. The van der Waals surface area contributed by atoms with E-state index in [9.17, 15) is 9.59 Å². The zero-order valence-electron chi connectivity index (χ0n) is 17.5. The largest absolute Gasteiger partial charge is 0.370 e. The fraction of sp³-hybridized carbons (Fsp3) is 0.348. The first-order valence-electron chi connectivity index (χ1n) is 10.5. The fourth-order valence-electron chi connectivity index (χ4n) is 4.06. The number of benzene rings is 1. The molecular formula is C23H26N4O2S2. The Bertz CT molecular complexity index is 1060. The van der Waals surface area contributed by atoms with Crippen LogP contribution in [0.25, 0.3) is 9.88 Å². The molecule has 4 rings (SSSR count). The Labute approximate surface area is 190 Å². The summed E-state index contributed by atoms with van der Waals surface area (Å²) in [6, 6.07) is 9.19. The highest BCUT2D eigenvalue weighted by Gasteiger charge is 2.23. The Morgan fingerprint density at radius 3 is 2.90 bits per heavy atom. The second-order valence-electron chi connectivity index (χ2n) is 7.81. The van der Waals surface area contributed by atoms with Gasteiger partial charge in [0, 0.05) is 24.0 Å². The molecule has 1 aliphatic rings. The number of nitrogens with two attached hydrogens (primary N) is 1. The molecule has 1 unspecified atom stereocenters. The van der Waals surface area contributed by atoms with Gasteiger partial charge in [-0.3, -0.25) is 9.59 Å². The molecular weight excluding hydrogens is 428 g/mol. The maximum atomic E-state index is 12.9. The Hall–Kier alpha value is -2.71. The lowest BCUT2D eigenvalue weighted by Crippen LogP contribution is -2.36. The molecule has 31 heavy (non-hydrogen) atoms. The van der Waals surface area contributed by atoms with Gasteiger partial charge in [-0.2, -0.15) is 0 Å². The van der Waals surface area contributed by atoms with E-state index in [1.54, 1.807) is 34.9 Å². The third-order valence-electron chi connectivity index (χ3n) is 5.56. The Morgan fingerprint density at radius 1 is 1.29 bits per heavy atom. The van der Waals surface area contributed by atoms with Gasteiger partial charge in [0.2, 0.25) is 5.91 Å². The average molecular weight is 455 g/mol. The van der Waals surface area contributed by atoms with Crippen molar-refractivity contribution in [2.75, 3.05) is 23.3 Å². The van der Waals surface area contributed by atoms with Crippen LogP contribution < -0.4 is 16.0 Å². The number of nitrogens with zero attached hydrogens (tertiary/aromatic N) is 2. The fourth-order valence-corrected chi connectivity index (χ4v) is 5.67. The normalized spacial score (nSPS) is 16.3. The Kier molecular flexibility index (Phi) is 6.67. The number of anilines is 2. The Balaban J connectivity index is 1.58. The lowest BCUT2D eigenvalue weighted by Gasteiger charge is -2.35. The molecule has 8 heteroatoms. The van der Waals surface area contributed by atoms with Crippen LogP contribution in [-0.2, 0) is 0 Å². The first-order valence-corrected chi connectivity index (χ1v) is 12.3. The second-order valence-corrected chi connectivity index (χ2v) is 9.61. The summed E-state index contributed by atoms with van der Waals surface area (Å²) in [5, 5.41) is 7.62. The summed E-state index contributed by atoms with van der Waals surface area (Å²) in [7, 11) is 0. The molecule has 3 N–H and O–H groups in total. The SMILES string of the molecule is CCCC1CCCN(c2cc(C(N)=O)ccc2NC(=O)c2csc(-c3cccs3)n2)C1. The maximum absolute atomic E-state index is 12.9. The average Bonchev–Trinajstić information content (AvgIpc) is 3.46. The standard InChI is InChI=1S/C23H26N4O2S2/c1-2-5-15-6-3-10-27(13-15)19-12-16(21(24)28)8-9-17(19)25-22(29)18-14-31-23(26-18)20-7-4-11-30-20/h4,7-9,11-12,14-15H,2-3,5-6,10,13H2,1H3,(H2,24,28)(H,25,29). The van der Waals surface area contributed by atoms with Gasteiger partial charge in [0.1, 0.15) is 10.7 Å². The molecule has 6 nitrogen and oxygen atoms in total. The van der Waals surface area contributed by atoms with Crippen LogP contribution in [0.3, 0.4) is 0 Å². The molecule has 0 bridgehead atoms. The smallest absolute Gasteiger partial charge is 0.275 e. The molecule has 1 atom stereocenters. The van der Waals surface area contributed by atoms with E-state index in [0.717, 1.165) is 41.5 Å². The lowest BCUT2D eigenvalue weighted by atomic mass is 9.93. The molecule has 0 radical (unpaired) electrons. The van der Waals surface area contributed by atoms with E-state index in [1.165, 1.54) is 24.2 Å². The summed E-state index contributed by atoms with van der Waals surface area (Å²) >= 11 is 3.06. The number of piperidine rings is 1. The van der Waals surface area contributed by atoms with Gasteiger partial charge in [-0.15, -0.1) is 22.7 Å². The number of carbonyl (C=O) groups is 2. The highest BCUT2D eigenvalue weighted by Crippen LogP contribution is 2.33. The number of rotatable bonds is 7. The third kappa shape index (κ3) is 4.97. The van der Waals surface area contributed by atoms with Crippen molar-refractivity contribution in [3.63, 3.8) is 0 Å². The number of nitrogens with one attached hydrogen (secondary N) is 1. The van der Waals surface area contributed by atoms with E-state index in [0.29, 0.717) is 22.9 Å². The molecule has 1 aliphatic heterocycles. The van der Waals surface area contributed by atoms with E-state index in [2.05, 4.69) is 22.1 Å². The lowest BCUT2D eigenvalue weighted by molar-refractivity contribution is 0.0998. The van der Waals surface area contributed by atoms with Gasteiger partial charge in [0.05, 0.1) is 16.3 Å². The molecule has 2 aromatic heterocycles. The number of thiazole rings is 1. The summed E-state index contributed by atoms with van der Waals surface area (Å²) in [4.78, 5) is 32.5. The molecule has 0 saturated carbocycles. The molecule has 1 fully saturated rings. The van der Waals surface area contributed by atoms with Crippen LogP contribution in [0.15, 0.2) is 41.1 Å². The summed E-state index contributed by atoms with van der Waals surface area (Å²) in [6.07, 6.45) is 4.64. The number of amides is 2. The molecule has 3 aromatic rings. The highest BCUT2D eigenvalue weighted by atomic mass is 32.1. The predicted octanol–water partition coefficient (Wildman–Crippen LogP) is 5.24. The van der Waals surface area contributed by atoms with Gasteiger partial charge in [-0.1, -0.05) is 19.4 Å². The molecule has 0 aliphatic carbocycles.